The molecule has 6 aromatic carbocycles. The molecule has 0 saturated heterocycles. The van der Waals surface area contributed by atoms with Gasteiger partial charge in [-0.1, -0.05) is 97.1 Å². The molecule has 168 valence electrons. The Morgan fingerprint density at radius 1 is 0.417 bits per heavy atom. The van der Waals surface area contributed by atoms with E-state index in [4.69, 9.17) is 0 Å². The smallest absolute Gasteiger partial charge is 0.0788 e. The first kappa shape index (κ1) is 19.5. The van der Waals surface area contributed by atoms with Crippen molar-refractivity contribution in [1.82, 2.24) is 9.13 Å². The van der Waals surface area contributed by atoms with Crippen LogP contribution in [0, 0.1) is 0 Å². The lowest BCUT2D eigenvalue weighted by Crippen LogP contribution is -1.99. The minimum absolute atomic E-state index is 1.17. The molecule has 0 saturated carbocycles. The lowest BCUT2D eigenvalue weighted by molar-refractivity contribution is 1.14. The monoisotopic (exact) mass is 458 g/mol. The van der Waals surface area contributed by atoms with Crippen LogP contribution in [0.4, 0.5) is 0 Å². The highest BCUT2D eigenvalue weighted by Crippen LogP contribution is 2.40. The Kier molecular flexibility index (Phi) is 3.97. The Morgan fingerprint density at radius 2 is 1.06 bits per heavy atom. The van der Waals surface area contributed by atoms with Gasteiger partial charge in [0, 0.05) is 38.8 Å². The Labute approximate surface area is 208 Å². The Hall–Kier alpha value is -4.82. The molecule has 36 heavy (non-hydrogen) atoms. The van der Waals surface area contributed by atoms with Gasteiger partial charge in [-0.3, -0.25) is 0 Å². The molecule has 0 atom stereocenters. The number of fused-ring (bicyclic) bond motifs is 7. The summed E-state index contributed by atoms with van der Waals surface area (Å²) in [6.45, 7) is 0. The van der Waals surface area contributed by atoms with Crippen LogP contribution in [0.2, 0.25) is 0 Å². The van der Waals surface area contributed by atoms with Crippen LogP contribution in [-0.4, -0.2) is 9.13 Å². The van der Waals surface area contributed by atoms with Crippen LogP contribution in [0.1, 0.15) is 0 Å². The van der Waals surface area contributed by atoms with Crippen molar-refractivity contribution in [3.8, 4) is 11.4 Å². The molecule has 2 heteroatoms. The average molecular weight is 459 g/mol. The highest BCUT2D eigenvalue weighted by molar-refractivity contribution is 6.19. The van der Waals surface area contributed by atoms with Crippen LogP contribution in [0.15, 0.2) is 134 Å². The summed E-state index contributed by atoms with van der Waals surface area (Å²) in [5.41, 5.74) is 6.10. The van der Waals surface area contributed by atoms with Crippen LogP contribution < -0.4 is 0 Å². The number of para-hydroxylation sites is 2. The molecule has 0 radical (unpaired) electrons. The number of hydrogen-bond donors (Lipinski definition) is 0. The van der Waals surface area contributed by atoms with E-state index in [9.17, 15) is 0 Å². The molecule has 2 nitrogen and oxygen atoms in total. The van der Waals surface area contributed by atoms with Crippen molar-refractivity contribution >= 4 is 54.3 Å². The maximum atomic E-state index is 2.43. The van der Waals surface area contributed by atoms with E-state index < -0.39 is 0 Å². The van der Waals surface area contributed by atoms with Crippen molar-refractivity contribution in [2.24, 2.45) is 0 Å². The number of nitrogens with zero attached hydrogens (tertiary/aromatic N) is 2. The van der Waals surface area contributed by atoms with Crippen molar-refractivity contribution in [3.63, 3.8) is 0 Å². The van der Waals surface area contributed by atoms with Gasteiger partial charge in [0.15, 0.2) is 0 Å². The molecule has 8 rings (SSSR count). The van der Waals surface area contributed by atoms with Gasteiger partial charge in [0.25, 0.3) is 0 Å². The lowest BCUT2D eigenvalue weighted by atomic mass is 10.0. The normalized spacial score (nSPS) is 11.9. The van der Waals surface area contributed by atoms with Gasteiger partial charge in [-0.05, 0) is 41.1 Å². The van der Waals surface area contributed by atoms with E-state index in [2.05, 4.69) is 143 Å². The Balaban J connectivity index is 1.62. The van der Waals surface area contributed by atoms with Gasteiger partial charge in [0.2, 0.25) is 0 Å². The molecular formula is C34H22N2. The van der Waals surface area contributed by atoms with E-state index in [-0.39, 0.29) is 0 Å². The quantitative estimate of drug-likeness (QED) is 0.229. The van der Waals surface area contributed by atoms with Gasteiger partial charge in [0.1, 0.15) is 0 Å². The van der Waals surface area contributed by atoms with E-state index in [1.54, 1.807) is 0 Å². The topological polar surface area (TPSA) is 9.86 Å². The maximum Gasteiger partial charge on any atom is 0.0788 e. The van der Waals surface area contributed by atoms with Gasteiger partial charge < -0.3 is 9.13 Å². The molecule has 0 N–H and O–H groups in total. The Morgan fingerprint density at radius 3 is 1.81 bits per heavy atom. The molecule has 0 aliphatic carbocycles. The maximum absolute atomic E-state index is 2.43. The van der Waals surface area contributed by atoms with E-state index in [0.717, 1.165) is 0 Å². The highest BCUT2D eigenvalue weighted by Gasteiger charge is 2.19. The molecule has 0 unspecified atom stereocenters. The summed E-state index contributed by atoms with van der Waals surface area (Å²) in [5, 5.41) is 8.80. The van der Waals surface area contributed by atoms with E-state index in [1.807, 2.05) is 0 Å². The zero-order chi connectivity index (χ0) is 23.6. The molecule has 0 aliphatic heterocycles. The predicted molar refractivity (Wildman–Crippen MR) is 153 cm³/mol. The van der Waals surface area contributed by atoms with Gasteiger partial charge in [-0.15, -0.1) is 0 Å². The van der Waals surface area contributed by atoms with E-state index >= 15 is 0 Å². The molecule has 0 amide bonds. The summed E-state index contributed by atoms with van der Waals surface area (Å²) in [5.74, 6) is 0. The fraction of sp³-hybridized carbons (Fsp3) is 0. The molecular weight excluding hydrogens is 436 g/mol. The largest absolute Gasteiger partial charge is 0.313 e. The van der Waals surface area contributed by atoms with Crippen LogP contribution in [-0.2, 0) is 0 Å². The third-order valence-corrected chi connectivity index (χ3v) is 7.48. The summed E-state index contributed by atoms with van der Waals surface area (Å²) >= 11 is 0. The molecule has 0 spiro atoms. The van der Waals surface area contributed by atoms with E-state index in [0.29, 0.717) is 0 Å². The third-order valence-electron chi connectivity index (χ3n) is 7.48. The minimum atomic E-state index is 1.17. The van der Waals surface area contributed by atoms with Crippen molar-refractivity contribution in [2.45, 2.75) is 0 Å². The van der Waals surface area contributed by atoms with Gasteiger partial charge in [0.05, 0.1) is 22.2 Å². The fourth-order valence-electron chi connectivity index (χ4n) is 5.95. The lowest BCUT2D eigenvalue weighted by Gasteiger charge is -2.16. The first-order valence-corrected chi connectivity index (χ1v) is 12.4. The summed E-state index contributed by atoms with van der Waals surface area (Å²) in [6, 6.07) is 46.0. The molecule has 2 heterocycles. The summed E-state index contributed by atoms with van der Waals surface area (Å²) in [7, 11) is 0. The van der Waals surface area contributed by atoms with Crippen LogP contribution >= 0.6 is 0 Å². The average Bonchev–Trinajstić information content (AvgIpc) is 3.51. The summed E-state index contributed by atoms with van der Waals surface area (Å²) in [6.07, 6.45) is 2.24. The predicted octanol–water partition coefficient (Wildman–Crippen LogP) is 9.03. The first-order chi connectivity index (χ1) is 17.9. The van der Waals surface area contributed by atoms with Crippen LogP contribution in [0.3, 0.4) is 0 Å². The second-order valence-corrected chi connectivity index (χ2v) is 9.44. The number of rotatable bonds is 2. The third kappa shape index (κ3) is 2.61. The minimum Gasteiger partial charge on any atom is -0.313 e. The van der Waals surface area contributed by atoms with E-state index in [1.165, 1.54) is 65.6 Å². The highest BCUT2D eigenvalue weighted by atomic mass is 15.0. The molecule has 0 aliphatic rings. The number of hydrogen-bond acceptors (Lipinski definition) is 0. The van der Waals surface area contributed by atoms with Crippen molar-refractivity contribution in [1.29, 1.82) is 0 Å². The molecule has 8 aromatic rings. The van der Waals surface area contributed by atoms with Crippen LogP contribution in [0.5, 0.6) is 0 Å². The summed E-state index contributed by atoms with van der Waals surface area (Å²) < 4.78 is 4.84. The van der Waals surface area contributed by atoms with Gasteiger partial charge in [-0.25, -0.2) is 0 Å². The molecule has 2 aromatic heterocycles. The first-order valence-electron chi connectivity index (χ1n) is 12.4. The van der Waals surface area contributed by atoms with Crippen molar-refractivity contribution < 1.29 is 0 Å². The van der Waals surface area contributed by atoms with Crippen molar-refractivity contribution in [2.75, 3.05) is 0 Å². The zero-order valence-electron chi connectivity index (χ0n) is 19.6. The van der Waals surface area contributed by atoms with Gasteiger partial charge in [-0.2, -0.15) is 0 Å². The molecule has 0 fully saturated rings. The standard InChI is InChI=1S/C34H22N2/c1-2-12-26(13-3-1)36-31-17-9-8-16-29(31)30-19-18-23-20-21-35(32(23)34(30)36)33-27-14-6-4-10-24(27)22-25-11-5-7-15-28(25)33/h1-22H. The van der Waals surface area contributed by atoms with Gasteiger partial charge >= 0.3 is 0 Å². The number of benzene rings is 6. The molecule has 0 bridgehead atoms. The van der Waals surface area contributed by atoms with Crippen LogP contribution in [0.25, 0.3) is 65.6 Å². The zero-order valence-corrected chi connectivity index (χ0v) is 19.6. The second-order valence-electron chi connectivity index (χ2n) is 9.44. The second kappa shape index (κ2) is 7.34. The number of aromatic nitrogens is 2. The SMILES string of the molecule is c1ccc(-n2c3ccccc3c3ccc4ccn(-c5c6ccccc6cc6ccccc56)c4c32)cc1. The summed E-state index contributed by atoms with van der Waals surface area (Å²) in [4.78, 5) is 0. The Bertz CT molecular complexity index is 2040. The van der Waals surface area contributed by atoms with Crippen molar-refractivity contribution in [3.05, 3.63) is 134 Å². The fourth-order valence-corrected chi connectivity index (χ4v) is 5.95.